The van der Waals surface area contributed by atoms with Crippen molar-refractivity contribution in [1.29, 1.82) is 0 Å². The number of carbonyl (C=O) groups excluding carboxylic acids is 1. The predicted molar refractivity (Wildman–Crippen MR) is 84.6 cm³/mol. The zero-order chi connectivity index (χ0) is 16.0. The highest BCUT2D eigenvalue weighted by Crippen LogP contribution is 2.20. The zero-order valence-electron chi connectivity index (χ0n) is 13.9. The van der Waals surface area contributed by atoms with E-state index in [4.69, 9.17) is 9.47 Å². The van der Waals surface area contributed by atoms with Crippen molar-refractivity contribution in [1.82, 2.24) is 5.32 Å². The number of esters is 1. The molecule has 2 atom stereocenters. The molecule has 0 amide bonds. The van der Waals surface area contributed by atoms with Crippen LogP contribution < -0.4 is 10.1 Å². The van der Waals surface area contributed by atoms with E-state index in [2.05, 4.69) is 5.32 Å². The Morgan fingerprint density at radius 2 is 1.81 bits per heavy atom. The highest BCUT2D eigenvalue weighted by molar-refractivity contribution is 5.80. The van der Waals surface area contributed by atoms with Crippen LogP contribution in [0.1, 0.15) is 39.7 Å². The van der Waals surface area contributed by atoms with Crippen LogP contribution in [-0.2, 0) is 9.53 Å². The van der Waals surface area contributed by atoms with Crippen molar-refractivity contribution in [3.05, 3.63) is 29.8 Å². The normalized spacial score (nSPS) is 15.4. The third kappa shape index (κ3) is 5.38. The lowest BCUT2D eigenvalue weighted by atomic mass is 9.93. The lowest BCUT2D eigenvalue weighted by molar-refractivity contribution is -0.149. The summed E-state index contributed by atoms with van der Waals surface area (Å²) in [7, 11) is 1.41. The summed E-state index contributed by atoms with van der Waals surface area (Å²) in [6.07, 6.45) is 0.425. The molecule has 4 nitrogen and oxygen atoms in total. The standard InChI is InChI=1S/C17H27NO3/c1-12(2)18-17(5,16(19)20-6)11-14(4)21-15-9-7-13(3)8-10-15/h7-10,12,14,18H,11H2,1-6H3. The van der Waals surface area contributed by atoms with Gasteiger partial charge in [0.25, 0.3) is 0 Å². The van der Waals surface area contributed by atoms with Gasteiger partial charge in [0.15, 0.2) is 0 Å². The molecule has 2 unspecified atom stereocenters. The molecule has 0 aliphatic carbocycles. The fourth-order valence-electron chi connectivity index (χ4n) is 2.53. The van der Waals surface area contributed by atoms with Gasteiger partial charge in [0.1, 0.15) is 11.3 Å². The summed E-state index contributed by atoms with van der Waals surface area (Å²) in [5, 5.41) is 3.28. The summed E-state index contributed by atoms with van der Waals surface area (Å²) in [5.41, 5.74) is 0.434. The van der Waals surface area contributed by atoms with E-state index in [9.17, 15) is 4.79 Å². The third-order valence-corrected chi connectivity index (χ3v) is 3.30. The Morgan fingerprint density at radius 1 is 1.24 bits per heavy atom. The highest BCUT2D eigenvalue weighted by atomic mass is 16.5. The van der Waals surface area contributed by atoms with Crippen molar-refractivity contribution in [2.45, 2.75) is 58.7 Å². The van der Waals surface area contributed by atoms with Crippen molar-refractivity contribution in [2.24, 2.45) is 0 Å². The highest BCUT2D eigenvalue weighted by Gasteiger charge is 2.36. The molecule has 1 aromatic carbocycles. The first-order valence-electron chi connectivity index (χ1n) is 7.36. The maximum Gasteiger partial charge on any atom is 0.325 e. The summed E-state index contributed by atoms with van der Waals surface area (Å²) < 4.78 is 10.8. The van der Waals surface area contributed by atoms with E-state index in [-0.39, 0.29) is 18.1 Å². The van der Waals surface area contributed by atoms with Gasteiger partial charge in [0.05, 0.1) is 13.2 Å². The van der Waals surface area contributed by atoms with E-state index in [1.165, 1.54) is 12.7 Å². The Kier molecular flexibility index (Phi) is 6.21. The van der Waals surface area contributed by atoms with Crippen LogP contribution in [0.3, 0.4) is 0 Å². The van der Waals surface area contributed by atoms with Crippen molar-refractivity contribution in [2.75, 3.05) is 7.11 Å². The molecule has 0 spiro atoms. The lowest BCUT2D eigenvalue weighted by Crippen LogP contribution is -2.54. The molecular formula is C17H27NO3. The van der Waals surface area contributed by atoms with E-state index < -0.39 is 5.54 Å². The van der Waals surface area contributed by atoms with Crippen LogP contribution in [0.4, 0.5) is 0 Å². The fraction of sp³-hybridized carbons (Fsp3) is 0.588. The smallest absolute Gasteiger partial charge is 0.325 e. The van der Waals surface area contributed by atoms with E-state index in [1.807, 2.05) is 58.9 Å². The van der Waals surface area contributed by atoms with Crippen molar-refractivity contribution in [3.63, 3.8) is 0 Å². The van der Waals surface area contributed by atoms with Crippen LogP contribution in [0, 0.1) is 6.92 Å². The molecule has 0 heterocycles. The Hall–Kier alpha value is -1.55. The SMILES string of the molecule is COC(=O)C(C)(CC(C)Oc1ccc(C)cc1)NC(C)C. The van der Waals surface area contributed by atoms with Gasteiger partial charge in [-0.15, -0.1) is 0 Å². The lowest BCUT2D eigenvalue weighted by Gasteiger charge is -2.32. The molecule has 0 saturated carbocycles. The second-order valence-electron chi connectivity index (χ2n) is 6.07. The molecule has 1 N–H and O–H groups in total. The molecule has 1 aromatic rings. The Morgan fingerprint density at radius 3 is 2.29 bits per heavy atom. The minimum atomic E-state index is -0.757. The molecule has 0 fully saturated rings. The second-order valence-corrected chi connectivity index (χ2v) is 6.07. The number of aryl methyl sites for hydroxylation is 1. The van der Waals surface area contributed by atoms with E-state index in [0.29, 0.717) is 6.42 Å². The Balaban J connectivity index is 2.73. The maximum absolute atomic E-state index is 12.1. The second kappa shape index (κ2) is 7.46. The third-order valence-electron chi connectivity index (χ3n) is 3.30. The van der Waals surface area contributed by atoms with Gasteiger partial charge in [-0.05, 0) is 46.8 Å². The summed E-state index contributed by atoms with van der Waals surface area (Å²) >= 11 is 0. The predicted octanol–water partition coefficient (Wildman–Crippen LogP) is 3.08. The molecule has 0 bridgehead atoms. The zero-order valence-corrected chi connectivity index (χ0v) is 13.9. The summed E-state index contributed by atoms with van der Waals surface area (Å²) in [4.78, 5) is 12.1. The number of rotatable bonds is 7. The number of methoxy groups -OCH3 is 1. The monoisotopic (exact) mass is 293 g/mol. The summed E-state index contributed by atoms with van der Waals surface area (Å²) in [6, 6.07) is 8.08. The molecule has 0 aliphatic heterocycles. The number of carbonyl (C=O) groups is 1. The minimum Gasteiger partial charge on any atom is -0.491 e. The molecule has 21 heavy (non-hydrogen) atoms. The average molecular weight is 293 g/mol. The largest absolute Gasteiger partial charge is 0.491 e. The topological polar surface area (TPSA) is 47.6 Å². The van der Waals surface area contributed by atoms with Gasteiger partial charge in [-0.1, -0.05) is 17.7 Å². The Bertz CT molecular complexity index is 456. The van der Waals surface area contributed by atoms with Gasteiger partial charge in [-0.25, -0.2) is 0 Å². The number of nitrogens with one attached hydrogen (secondary N) is 1. The van der Waals surface area contributed by atoms with Crippen LogP contribution in [0.5, 0.6) is 5.75 Å². The first-order chi connectivity index (χ1) is 9.76. The van der Waals surface area contributed by atoms with Crippen molar-refractivity contribution in [3.8, 4) is 5.75 Å². The molecule has 0 aliphatic rings. The average Bonchev–Trinajstić information content (AvgIpc) is 2.39. The fourth-order valence-corrected chi connectivity index (χ4v) is 2.53. The van der Waals surface area contributed by atoms with Crippen LogP contribution in [-0.4, -0.2) is 30.8 Å². The van der Waals surface area contributed by atoms with E-state index >= 15 is 0 Å². The van der Waals surface area contributed by atoms with E-state index in [0.717, 1.165) is 5.75 Å². The van der Waals surface area contributed by atoms with Crippen LogP contribution >= 0.6 is 0 Å². The van der Waals surface area contributed by atoms with Crippen LogP contribution in [0.2, 0.25) is 0 Å². The summed E-state index contributed by atoms with van der Waals surface area (Å²) in [6.45, 7) is 9.87. The molecule has 0 saturated heterocycles. The summed E-state index contributed by atoms with van der Waals surface area (Å²) in [5.74, 6) is 0.542. The molecule has 1 rings (SSSR count). The van der Waals surface area contributed by atoms with Crippen LogP contribution in [0.15, 0.2) is 24.3 Å². The molecule has 0 aromatic heterocycles. The van der Waals surface area contributed by atoms with Crippen LogP contribution in [0.25, 0.3) is 0 Å². The van der Waals surface area contributed by atoms with Crippen molar-refractivity contribution >= 4 is 5.97 Å². The minimum absolute atomic E-state index is 0.108. The van der Waals surface area contributed by atoms with Gasteiger partial charge in [0.2, 0.25) is 0 Å². The number of hydrogen-bond donors (Lipinski definition) is 1. The molecular weight excluding hydrogens is 266 g/mol. The van der Waals surface area contributed by atoms with Gasteiger partial charge in [-0.2, -0.15) is 0 Å². The number of ether oxygens (including phenoxy) is 2. The molecule has 4 heteroatoms. The van der Waals surface area contributed by atoms with E-state index in [1.54, 1.807) is 0 Å². The molecule has 0 radical (unpaired) electrons. The number of hydrogen-bond acceptors (Lipinski definition) is 4. The van der Waals surface area contributed by atoms with Gasteiger partial charge in [0, 0.05) is 12.5 Å². The quantitative estimate of drug-likeness (QED) is 0.785. The van der Waals surface area contributed by atoms with Gasteiger partial charge >= 0.3 is 5.97 Å². The number of benzene rings is 1. The van der Waals surface area contributed by atoms with Gasteiger partial charge in [-0.3, -0.25) is 10.1 Å². The maximum atomic E-state index is 12.1. The van der Waals surface area contributed by atoms with Gasteiger partial charge < -0.3 is 9.47 Å². The first kappa shape index (κ1) is 17.5. The van der Waals surface area contributed by atoms with Crippen molar-refractivity contribution < 1.29 is 14.3 Å². The first-order valence-corrected chi connectivity index (χ1v) is 7.36. The Labute approximate surface area is 127 Å². The molecule has 118 valence electrons.